The van der Waals surface area contributed by atoms with Gasteiger partial charge in [0.25, 0.3) is 0 Å². The summed E-state index contributed by atoms with van der Waals surface area (Å²) in [5.74, 6) is 2.37. The summed E-state index contributed by atoms with van der Waals surface area (Å²) in [7, 11) is 1.81. The zero-order valence-corrected chi connectivity index (χ0v) is 18.1. The van der Waals surface area contributed by atoms with Crippen molar-refractivity contribution in [2.75, 3.05) is 17.9 Å². The molecule has 1 aliphatic rings. The van der Waals surface area contributed by atoms with Gasteiger partial charge < -0.3 is 24.1 Å². The second-order valence-corrected chi connectivity index (χ2v) is 8.01. The number of benzene rings is 2. The lowest BCUT2D eigenvalue weighted by Crippen LogP contribution is -2.14. The number of thioether (sulfide) groups is 1. The molecule has 8 nitrogen and oxygen atoms in total. The number of amides is 1. The summed E-state index contributed by atoms with van der Waals surface area (Å²) in [6.07, 6.45) is 0. The summed E-state index contributed by atoms with van der Waals surface area (Å²) >= 11 is 13.3. The maximum Gasteiger partial charge on any atom is 0.234 e. The standard InChI is InChI=1S/C19H16Cl2N4O4S/c1-25-17(8-27-14-4-2-11(20)6-13(14)21)23-24-19(25)30-9-18(26)22-12-3-5-15-16(7-12)29-10-28-15/h2-7H,8-10H2,1H3,(H,22,26). The largest absolute Gasteiger partial charge is 0.484 e. The number of ether oxygens (including phenoxy) is 3. The molecule has 0 bridgehead atoms. The fourth-order valence-corrected chi connectivity index (χ4v) is 3.83. The van der Waals surface area contributed by atoms with Crippen LogP contribution < -0.4 is 19.5 Å². The van der Waals surface area contributed by atoms with Gasteiger partial charge in [-0.1, -0.05) is 35.0 Å². The minimum absolute atomic E-state index is 0.171. The number of rotatable bonds is 7. The van der Waals surface area contributed by atoms with Gasteiger partial charge in [0.1, 0.15) is 12.4 Å². The molecule has 156 valence electrons. The van der Waals surface area contributed by atoms with Gasteiger partial charge in [0.2, 0.25) is 12.7 Å². The number of hydrogen-bond acceptors (Lipinski definition) is 7. The predicted molar refractivity (Wildman–Crippen MR) is 114 cm³/mol. The Morgan fingerprint density at radius 1 is 1.20 bits per heavy atom. The second-order valence-electron chi connectivity index (χ2n) is 6.23. The Hall–Kier alpha value is -2.62. The third-order valence-corrected chi connectivity index (χ3v) is 5.72. The van der Waals surface area contributed by atoms with Crippen molar-refractivity contribution in [2.45, 2.75) is 11.8 Å². The van der Waals surface area contributed by atoms with E-state index in [0.29, 0.717) is 44.0 Å². The van der Waals surface area contributed by atoms with Crippen molar-refractivity contribution in [2.24, 2.45) is 7.05 Å². The van der Waals surface area contributed by atoms with Crippen LogP contribution in [0.5, 0.6) is 17.2 Å². The quantitative estimate of drug-likeness (QED) is 0.522. The summed E-state index contributed by atoms with van der Waals surface area (Å²) in [5, 5.41) is 12.6. The molecule has 1 aromatic heterocycles. The molecular formula is C19H16Cl2N4O4S. The summed E-state index contributed by atoms with van der Waals surface area (Å²) in [5.41, 5.74) is 0.636. The summed E-state index contributed by atoms with van der Waals surface area (Å²) < 4.78 is 18.0. The van der Waals surface area contributed by atoms with Gasteiger partial charge in [-0.25, -0.2) is 0 Å². The Kier molecular flexibility index (Phi) is 6.21. The molecule has 0 saturated carbocycles. The third kappa shape index (κ3) is 4.75. The van der Waals surface area contributed by atoms with E-state index in [2.05, 4.69) is 15.5 Å². The maximum absolute atomic E-state index is 12.3. The van der Waals surface area contributed by atoms with Crippen molar-refractivity contribution in [3.8, 4) is 17.2 Å². The molecule has 2 aromatic carbocycles. The topological polar surface area (TPSA) is 87.5 Å². The van der Waals surface area contributed by atoms with Gasteiger partial charge in [-0.3, -0.25) is 4.79 Å². The number of aromatic nitrogens is 3. The van der Waals surface area contributed by atoms with Gasteiger partial charge in [-0.15, -0.1) is 10.2 Å². The smallest absolute Gasteiger partial charge is 0.234 e. The van der Waals surface area contributed by atoms with E-state index in [1.807, 2.05) is 0 Å². The van der Waals surface area contributed by atoms with Crippen molar-refractivity contribution in [3.05, 3.63) is 52.3 Å². The number of anilines is 1. The Morgan fingerprint density at radius 3 is 2.87 bits per heavy atom. The van der Waals surface area contributed by atoms with Crippen LogP contribution in [0, 0.1) is 0 Å². The lowest BCUT2D eigenvalue weighted by molar-refractivity contribution is -0.113. The molecule has 2 heterocycles. The number of nitrogens with one attached hydrogen (secondary N) is 1. The van der Waals surface area contributed by atoms with Gasteiger partial charge in [0, 0.05) is 23.8 Å². The van der Waals surface area contributed by atoms with E-state index in [1.54, 1.807) is 48.0 Å². The first kappa shape index (κ1) is 20.6. The van der Waals surface area contributed by atoms with Crippen LogP contribution in [0.25, 0.3) is 0 Å². The van der Waals surface area contributed by atoms with E-state index in [4.69, 9.17) is 37.4 Å². The molecule has 1 amide bonds. The van der Waals surface area contributed by atoms with Gasteiger partial charge >= 0.3 is 0 Å². The van der Waals surface area contributed by atoms with Gasteiger partial charge in [0.15, 0.2) is 22.5 Å². The van der Waals surface area contributed by atoms with Crippen molar-refractivity contribution < 1.29 is 19.0 Å². The maximum atomic E-state index is 12.3. The molecule has 3 aromatic rings. The number of nitrogens with zero attached hydrogens (tertiary/aromatic N) is 3. The first-order valence-electron chi connectivity index (χ1n) is 8.78. The molecule has 1 aliphatic heterocycles. The fraction of sp³-hybridized carbons (Fsp3) is 0.211. The van der Waals surface area contributed by atoms with Crippen molar-refractivity contribution in [1.82, 2.24) is 14.8 Å². The van der Waals surface area contributed by atoms with Gasteiger partial charge in [-0.05, 0) is 30.3 Å². The fourth-order valence-electron chi connectivity index (χ4n) is 2.63. The highest BCUT2D eigenvalue weighted by Gasteiger charge is 2.16. The zero-order chi connectivity index (χ0) is 21.1. The molecule has 0 radical (unpaired) electrons. The average Bonchev–Trinajstić information content (AvgIpc) is 3.32. The van der Waals surface area contributed by atoms with Crippen LogP contribution in [0.1, 0.15) is 5.82 Å². The number of carbonyl (C=O) groups excluding carboxylic acids is 1. The van der Waals surface area contributed by atoms with Crippen LogP contribution in [0.3, 0.4) is 0 Å². The molecule has 1 N–H and O–H groups in total. The number of halogens is 2. The molecule has 11 heteroatoms. The van der Waals surface area contributed by atoms with Crippen molar-refractivity contribution in [3.63, 3.8) is 0 Å². The van der Waals surface area contributed by atoms with Gasteiger partial charge in [0.05, 0.1) is 10.8 Å². The van der Waals surface area contributed by atoms with E-state index < -0.39 is 0 Å². The Morgan fingerprint density at radius 2 is 2.03 bits per heavy atom. The Labute approximate surface area is 186 Å². The molecular weight excluding hydrogens is 451 g/mol. The highest BCUT2D eigenvalue weighted by molar-refractivity contribution is 7.99. The SMILES string of the molecule is Cn1c(COc2ccc(Cl)cc2Cl)nnc1SCC(=O)Nc1ccc2c(c1)OCO2. The molecule has 0 unspecified atom stereocenters. The third-order valence-electron chi connectivity index (χ3n) is 4.16. The molecule has 4 rings (SSSR count). The van der Waals surface area contributed by atoms with Crippen LogP contribution in [0.2, 0.25) is 10.0 Å². The molecule has 30 heavy (non-hydrogen) atoms. The highest BCUT2D eigenvalue weighted by atomic mass is 35.5. The highest BCUT2D eigenvalue weighted by Crippen LogP contribution is 2.34. The molecule has 0 spiro atoms. The van der Waals surface area contributed by atoms with Crippen LogP contribution in [-0.4, -0.2) is 33.2 Å². The van der Waals surface area contributed by atoms with Crippen LogP contribution >= 0.6 is 35.0 Å². The van der Waals surface area contributed by atoms with Crippen LogP contribution in [0.15, 0.2) is 41.6 Å². The number of fused-ring (bicyclic) bond motifs is 1. The first-order valence-corrected chi connectivity index (χ1v) is 10.5. The van der Waals surface area contributed by atoms with E-state index in [1.165, 1.54) is 11.8 Å². The Balaban J connectivity index is 1.31. The van der Waals surface area contributed by atoms with Crippen molar-refractivity contribution >= 4 is 46.6 Å². The van der Waals surface area contributed by atoms with E-state index in [-0.39, 0.29) is 25.1 Å². The lowest BCUT2D eigenvalue weighted by Gasteiger charge is -2.08. The number of carbonyl (C=O) groups is 1. The normalized spacial score (nSPS) is 12.1. The van der Waals surface area contributed by atoms with Gasteiger partial charge in [-0.2, -0.15) is 0 Å². The predicted octanol–water partition coefficient (Wildman–Crippen LogP) is 4.16. The summed E-state index contributed by atoms with van der Waals surface area (Å²) in [6, 6.07) is 10.2. The zero-order valence-electron chi connectivity index (χ0n) is 15.7. The number of hydrogen-bond donors (Lipinski definition) is 1. The van der Waals surface area contributed by atoms with Crippen LogP contribution in [0.4, 0.5) is 5.69 Å². The molecule has 0 fully saturated rings. The first-order chi connectivity index (χ1) is 14.5. The lowest BCUT2D eigenvalue weighted by atomic mass is 10.3. The van der Waals surface area contributed by atoms with E-state index in [0.717, 1.165) is 0 Å². The van der Waals surface area contributed by atoms with Crippen LogP contribution in [-0.2, 0) is 18.4 Å². The van der Waals surface area contributed by atoms with E-state index >= 15 is 0 Å². The second kappa shape index (κ2) is 9.03. The minimum Gasteiger partial charge on any atom is -0.484 e. The molecule has 0 atom stereocenters. The monoisotopic (exact) mass is 466 g/mol. The molecule has 0 aliphatic carbocycles. The van der Waals surface area contributed by atoms with Crippen molar-refractivity contribution in [1.29, 1.82) is 0 Å². The molecule has 0 saturated heterocycles. The Bertz CT molecular complexity index is 1090. The van der Waals surface area contributed by atoms with E-state index in [9.17, 15) is 4.79 Å². The average molecular weight is 467 g/mol. The summed E-state index contributed by atoms with van der Waals surface area (Å²) in [6.45, 7) is 0.361. The minimum atomic E-state index is -0.174. The summed E-state index contributed by atoms with van der Waals surface area (Å²) in [4.78, 5) is 12.3.